The second-order valence-corrected chi connectivity index (χ2v) is 6.39. The van der Waals surface area contributed by atoms with Gasteiger partial charge in [-0.05, 0) is 43.7 Å². The van der Waals surface area contributed by atoms with E-state index in [2.05, 4.69) is 16.4 Å². The summed E-state index contributed by atoms with van der Waals surface area (Å²) in [5, 5.41) is 12.0. The Morgan fingerprint density at radius 1 is 1.38 bits per heavy atom. The number of amides is 2. The highest BCUT2D eigenvalue weighted by molar-refractivity contribution is 5.94. The van der Waals surface area contributed by atoms with Crippen LogP contribution in [-0.4, -0.2) is 34.8 Å². The number of nitriles is 1. The minimum absolute atomic E-state index is 0.0206. The van der Waals surface area contributed by atoms with E-state index in [0.29, 0.717) is 24.3 Å². The molecule has 1 N–H and O–H groups in total. The number of pyridine rings is 1. The van der Waals surface area contributed by atoms with Crippen LogP contribution in [0.2, 0.25) is 0 Å². The van der Waals surface area contributed by atoms with Crippen LogP contribution in [0.4, 0.5) is 5.69 Å². The molecule has 1 aromatic rings. The number of piperidine rings is 1. The Labute approximate surface area is 141 Å². The number of allylic oxidation sites excluding steroid dienone is 1. The molecule has 24 heavy (non-hydrogen) atoms. The van der Waals surface area contributed by atoms with Gasteiger partial charge in [0.2, 0.25) is 11.8 Å². The van der Waals surface area contributed by atoms with Crippen molar-refractivity contribution in [2.75, 3.05) is 18.4 Å². The first-order valence-corrected chi connectivity index (χ1v) is 8.20. The van der Waals surface area contributed by atoms with Gasteiger partial charge in [-0.1, -0.05) is 6.08 Å². The maximum atomic E-state index is 12.7. The number of hydrogen-bond acceptors (Lipinski definition) is 4. The van der Waals surface area contributed by atoms with E-state index in [1.54, 1.807) is 18.2 Å². The summed E-state index contributed by atoms with van der Waals surface area (Å²) >= 11 is 0. The lowest BCUT2D eigenvalue weighted by atomic mass is 9.84. The number of likely N-dealkylation sites (tertiary alicyclic amines) is 1. The van der Waals surface area contributed by atoms with E-state index in [9.17, 15) is 9.59 Å². The highest BCUT2D eigenvalue weighted by Gasteiger charge is 2.46. The van der Waals surface area contributed by atoms with Crippen molar-refractivity contribution in [3.05, 3.63) is 36.2 Å². The molecule has 1 saturated heterocycles. The monoisotopic (exact) mass is 324 g/mol. The van der Waals surface area contributed by atoms with Crippen LogP contribution in [0.25, 0.3) is 0 Å². The lowest BCUT2D eigenvalue weighted by Gasteiger charge is -2.36. The predicted molar refractivity (Wildman–Crippen MR) is 88.7 cm³/mol. The first kappa shape index (κ1) is 16.2. The van der Waals surface area contributed by atoms with Crippen molar-refractivity contribution in [2.24, 2.45) is 17.8 Å². The minimum Gasteiger partial charge on any atom is -0.339 e. The van der Waals surface area contributed by atoms with E-state index in [4.69, 9.17) is 5.26 Å². The van der Waals surface area contributed by atoms with Crippen molar-refractivity contribution in [3.63, 3.8) is 0 Å². The molecule has 6 heteroatoms. The van der Waals surface area contributed by atoms with E-state index in [0.717, 1.165) is 12.8 Å². The molecule has 2 aliphatic rings. The van der Waals surface area contributed by atoms with Crippen LogP contribution >= 0.6 is 0 Å². The minimum atomic E-state index is -0.105. The SMILES string of the molecule is C/C=C/C(=O)N1C[C@H]2CC[C@@H](C1)C2C(=O)Nc1cnccc1C#N. The van der Waals surface area contributed by atoms with Gasteiger partial charge in [0.05, 0.1) is 17.4 Å². The van der Waals surface area contributed by atoms with Crippen LogP contribution < -0.4 is 5.32 Å². The number of hydrogen-bond donors (Lipinski definition) is 1. The Morgan fingerprint density at radius 3 is 2.71 bits per heavy atom. The number of anilines is 1. The zero-order valence-corrected chi connectivity index (χ0v) is 13.6. The summed E-state index contributed by atoms with van der Waals surface area (Å²) in [6, 6.07) is 3.65. The van der Waals surface area contributed by atoms with E-state index in [1.807, 2.05) is 11.8 Å². The average Bonchev–Trinajstić information content (AvgIpc) is 2.85. The summed E-state index contributed by atoms with van der Waals surface area (Å²) in [7, 11) is 0. The van der Waals surface area contributed by atoms with Crippen LogP contribution in [0, 0.1) is 29.1 Å². The van der Waals surface area contributed by atoms with Gasteiger partial charge < -0.3 is 10.2 Å². The molecule has 0 radical (unpaired) electrons. The maximum Gasteiger partial charge on any atom is 0.246 e. The molecule has 1 unspecified atom stereocenters. The number of fused-ring (bicyclic) bond motifs is 2. The van der Waals surface area contributed by atoms with E-state index in [1.165, 1.54) is 12.4 Å². The topological polar surface area (TPSA) is 86.1 Å². The molecule has 2 heterocycles. The summed E-state index contributed by atoms with van der Waals surface area (Å²) < 4.78 is 0. The number of nitrogens with zero attached hydrogens (tertiary/aromatic N) is 3. The van der Waals surface area contributed by atoms with Crippen molar-refractivity contribution < 1.29 is 9.59 Å². The van der Waals surface area contributed by atoms with E-state index >= 15 is 0 Å². The molecule has 3 atom stereocenters. The average molecular weight is 324 g/mol. The predicted octanol–water partition coefficient (Wildman–Crippen LogP) is 1.95. The van der Waals surface area contributed by atoms with Crippen LogP contribution in [0.3, 0.4) is 0 Å². The molecule has 2 amide bonds. The number of nitrogens with one attached hydrogen (secondary N) is 1. The van der Waals surface area contributed by atoms with Crippen molar-refractivity contribution in [1.29, 1.82) is 5.26 Å². The fraction of sp³-hybridized carbons (Fsp3) is 0.444. The molecule has 124 valence electrons. The lowest BCUT2D eigenvalue weighted by Crippen LogP contribution is -2.48. The molecule has 6 nitrogen and oxygen atoms in total. The largest absolute Gasteiger partial charge is 0.339 e. The molecule has 2 bridgehead atoms. The molecule has 1 saturated carbocycles. The smallest absolute Gasteiger partial charge is 0.246 e. The Hall–Kier alpha value is -2.68. The van der Waals surface area contributed by atoms with Crippen LogP contribution in [0.1, 0.15) is 25.3 Å². The summed E-state index contributed by atoms with van der Waals surface area (Å²) in [5.41, 5.74) is 0.864. The number of carbonyl (C=O) groups is 2. The molecule has 1 aromatic heterocycles. The van der Waals surface area contributed by atoms with Gasteiger partial charge in [-0.2, -0.15) is 5.26 Å². The van der Waals surface area contributed by atoms with Gasteiger partial charge in [0, 0.05) is 25.2 Å². The van der Waals surface area contributed by atoms with E-state index in [-0.39, 0.29) is 29.6 Å². The van der Waals surface area contributed by atoms with Gasteiger partial charge in [-0.15, -0.1) is 0 Å². The molecular weight excluding hydrogens is 304 g/mol. The molecule has 3 rings (SSSR count). The third kappa shape index (κ3) is 3.02. The van der Waals surface area contributed by atoms with Crippen molar-refractivity contribution in [1.82, 2.24) is 9.88 Å². The number of carbonyl (C=O) groups excluding carboxylic acids is 2. The summed E-state index contributed by atoms with van der Waals surface area (Å²) in [4.78, 5) is 30.6. The van der Waals surface area contributed by atoms with Gasteiger partial charge in [0.1, 0.15) is 6.07 Å². The Kier molecular flexibility index (Phi) is 4.61. The van der Waals surface area contributed by atoms with Gasteiger partial charge in [0.25, 0.3) is 0 Å². The maximum absolute atomic E-state index is 12.7. The molecule has 0 aromatic carbocycles. The molecule has 1 aliphatic heterocycles. The zero-order valence-electron chi connectivity index (χ0n) is 13.6. The standard InChI is InChI=1S/C18H20N4O2/c1-2-3-16(23)22-10-13-4-5-14(11-22)17(13)18(24)21-15-9-20-7-6-12(15)8-19/h2-3,6-7,9,13-14,17H,4-5,10-11H2,1H3,(H,21,24)/b3-2+/t13-,14+,17?. The van der Waals surface area contributed by atoms with E-state index < -0.39 is 0 Å². The van der Waals surface area contributed by atoms with Crippen molar-refractivity contribution in [2.45, 2.75) is 19.8 Å². The molecule has 2 fully saturated rings. The molecule has 1 aliphatic carbocycles. The summed E-state index contributed by atoms with van der Waals surface area (Å²) in [6.07, 6.45) is 8.27. The Bertz CT molecular complexity index is 708. The van der Waals surface area contributed by atoms with Gasteiger partial charge >= 0.3 is 0 Å². The fourth-order valence-electron chi connectivity index (χ4n) is 3.89. The van der Waals surface area contributed by atoms with Gasteiger partial charge in [-0.25, -0.2) is 0 Å². The number of aromatic nitrogens is 1. The highest BCUT2D eigenvalue weighted by atomic mass is 16.2. The highest BCUT2D eigenvalue weighted by Crippen LogP contribution is 2.42. The van der Waals surface area contributed by atoms with Crippen LogP contribution in [0.15, 0.2) is 30.6 Å². The van der Waals surface area contributed by atoms with Crippen molar-refractivity contribution >= 4 is 17.5 Å². The van der Waals surface area contributed by atoms with Crippen LogP contribution in [-0.2, 0) is 9.59 Å². The van der Waals surface area contributed by atoms with Crippen molar-refractivity contribution in [3.8, 4) is 6.07 Å². The zero-order chi connectivity index (χ0) is 17.1. The summed E-state index contributed by atoms with van der Waals surface area (Å²) in [5.74, 6) is 0.212. The molecular formula is C18H20N4O2. The second kappa shape index (κ2) is 6.83. The van der Waals surface area contributed by atoms with Gasteiger partial charge in [0.15, 0.2) is 0 Å². The normalized spacial score (nSPS) is 25.5. The second-order valence-electron chi connectivity index (χ2n) is 6.39. The fourth-order valence-corrected chi connectivity index (χ4v) is 3.89. The lowest BCUT2D eigenvalue weighted by molar-refractivity contribution is -0.133. The first-order valence-electron chi connectivity index (χ1n) is 8.20. The Balaban J connectivity index is 1.71. The third-order valence-electron chi connectivity index (χ3n) is 4.96. The third-order valence-corrected chi connectivity index (χ3v) is 4.96. The summed E-state index contributed by atoms with van der Waals surface area (Å²) in [6.45, 7) is 3.07. The quantitative estimate of drug-likeness (QED) is 0.861. The Morgan fingerprint density at radius 2 is 2.08 bits per heavy atom. The number of rotatable bonds is 3. The molecule has 0 spiro atoms. The van der Waals surface area contributed by atoms with Crippen LogP contribution in [0.5, 0.6) is 0 Å². The van der Waals surface area contributed by atoms with Gasteiger partial charge in [-0.3, -0.25) is 14.6 Å². The first-order chi connectivity index (χ1) is 11.6.